The topological polar surface area (TPSA) is 58.6 Å². The van der Waals surface area contributed by atoms with Crippen molar-refractivity contribution in [1.29, 1.82) is 0 Å². The van der Waals surface area contributed by atoms with Crippen LogP contribution in [0, 0.1) is 0 Å². The van der Waals surface area contributed by atoms with E-state index in [9.17, 15) is 4.79 Å². The fourth-order valence-electron chi connectivity index (χ4n) is 1.59. The van der Waals surface area contributed by atoms with Crippen LogP contribution in [0.3, 0.4) is 0 Å². The molecular weight excluding hydrogens is 182 g/mol. The van der Waals surface area contributed by atoms with Crippen molar-refractivity contribution < 1.29 is 14.6 Å². The van der Waals surface area contributed by atoms with Crippen molar-refractivity contribution in [3.05, 3.63) is 0 Å². The lowest BCUT2D eigenvalue weighted by molar-refractivity contribution is -0.123. The summed E-state index contributed by atoms with van der Waals surface area (Å²) in [5.74, 6) is 0.0407. The highest BCUT2D eigenvalue weighted by molar-refractivity contribution is 5.76. The van der Waals surface area contributed by atoms with Crippen molar-refractivity contribution >= 4 is 5.91 Å². The van der Waals surface area contributed by atoms with E-state index in [1.165, 1.54) is 0 Å². The molecule has 14 heavy (non-hydrogen) atoms. The highest BCUT2D eigenvalue weighted by Gasteiger charge is 2.30. The number of rotatable bonds is 6. The fraction of sp³-hybridized carbons (Fsp3) is 0.900. The maximum absolute atomic E-state index is 11.2. The van der Waals surface area contributed by atoms with Gasteiger partial charge in [0.05, 0.1) is 6.10 Å². The zero-order chi connectivity index (χ0) is 10.4. The number of carbonyl (C=O) groups excluding carboxylic acids is 1. The number of carbonyl (C=O) groups is 1. The van der Waals surface area contributed by atoms with E-state index in [0.717, 1.165) is 19.4 Å². The highest BCUT2D eigenvalue weighted by Crippen LogP contribution is 2.23. The van der Waals surface area contributed by atoms with Crippen LogP contribution in [-0.4, -0.2) is 36.4 Å². The SMILES string of the molecule is CCOC1CC(NC(=O)CCCO)C1. The minimum atomic E-state index is 0.0407. The Morgan fingerprint density at radius 1 is 1.57 bits per heavy atom. The van der Waals surface area contributed by atoms with Gasteiger partial charge in [0.2, 0.25) is 5.91 Å². The second kappa shape index (κ2) is 5.98. The number of aliphatic hydroxyl groups excluding tert-OH is 1. The van der Waals surface area contributed by atoms with Crippen LogP contribution in [0.1, 0.15) is 32.6 Å². The van der Waals surface area contributed by atoms with E-state index in [1.807, 2.05) is 6.92 Å². The minimum absolute atomic E-state index is 0.0407. The van der Waals surface area contributed by atoms with Gasteiger partial charge in [0.15, 0.2) is 0 Å². The molecule has 0 heterocycles. The Labute approximate surface area is 84.6 Å². The number of ether oxygens (including phenoxy) is 1. The van der Waals surface area contributed by atoms with Gasteiger partial charge in [-0.3, -0.25) is 4.79 Å². The molecule has 0 aromatic rings. The number of amides is 1. The summed E-state index contributed by atoms with van der Waals surface area (Å²) >= 11 is 0. The van der Waals surface area contributed by atoms with Crippen molar-refractivity contribution in [3.63, 3.8) is 0 Å². The highest BCUT2D eigenvalue weighted by atomic mass is 16.5. The summed E-state index contributed by atoms with van der Waals surface area (Å²) in [5.41, 5.74) is 0. The second-order valence-corrected chi connectivity index (χ2v) is 3.64. The van der Waals surface area contributed by atoms with Gasteiger partial charge in [-0.25, -0.2) is 0 Å². The van der Waals surface area contributed by atoms with Gasteiger partial charge < -0.3 is 15.2 Å². The molecule has 1 saturated carbocycles. The largest absolute Gasteiger partial charge is 0.396 e. The third-order valence-corrected chi connectivity index (χ3v) is 2.42. The van der Waals surface area contributed by atoms with Gasteiger partial charge in [-0.1, -0.05) is 0 Å². The van der Waals surface area contributed by atoms with Crippen LogP contribution in [0.4, 0.5) is 0 Å². The molecule has 1 amide bonds. The maximum atomic E-state index is 11.2. The first-order chi connectivity index (χ1) is 6.76. The first kappa shape index (κ1) is 11.5. The number of hydrogen-bond acceptors (Lipinski definition) is 3. The zero-order valence-electron chi connectivity index (χ0n) is 8.66. The normalized spacial score (nSPS) is 25.6. The number of nitrogens with one attached hydrogen (secondary N) is 1. The summed E-state index contributed by atoms with van der Waals surface area (Å²) in [4.78, 5) is 11.2. The van der Waals surface area contributed by atoms with Crippen LogP contribution < -0.4 is 5.32 Å². The Kier molecular flexibility index (Phi) is 4.90. The Morgan fingerprint density at radius 2 is 2.29 bits per heavy atom. The molecule has 0 spiro atoms. The molecule has 1 fully saturated rings. The van der Waals surface area contributed by atoms with E-state index in [-0.39, 0.29) is 18.6 Å². The molecule has 1 aliphatic carbocycles. The van der Waals surface area contributed by atoms with Gasteiger partial charge in [-0.2, -0.15) is 0 Å². The predicted molar refractivity (Wildman–Crippen MR) is 52.9 cm³/mol. The lowest BCUT2D eigenvalue weighted by Crippen LogP contribution is -2.47. The summed E-state index contributed by atoms with van der Waals surface area (Å²) in [6.45, 7) is 2.81. The predicted octanol–water partition coefficient (Wildman–Crippen LogP) is 0.443. The van der Waals surface area contributed by atoms with Crippen molar-refractivity contribution in [3.8, 4) is 0 Å². The summed E-state index contributed by atoms with van der Waals surface area (Å²) in [7, 11) is 0. The lowest BCUT2D eigenvalue weighted by atomic mass is 9.89. The average Bonchev–Trinajstić information content (AvgIpc) is 2.11. The second-order valence-electron chi connectivity index (χ2n) is 3.64. The smallest absolute Gasteiger partial charge is 0.220 e. The molecule has 0 unspecified atom stereocenters. The average molecular weight is 201 g/mol. The van der Waals surface area contributed by atoms with Gasteiger partial charge in [-0.15, -0.1) is 0 Å². The van der Waals surface area contributed by atoms with E-state index >= 15 is 0 Å². The van der Waals surface area contributed by atoms with Crippen LogP contribution in [0.2, 0.25) is 0 Å². The van der Waals surface area contributed by atoms with E-state index < -0.39 is 0 Å². The molecule has 0 atom stereocenters. The Bertz CT molecular complexity index is 178. The summed E-state index contributed by atoms with van der Waals surface area (Å²) in [6, 6.07) is 0.290. The van der Waals surface area contributed by atoms with Crippen LogP contribution >= 0.6 is 0 Å². The lowest BCUT2D eigenvalue weighted by Gasteiger charge is -2.35. The Hall–Kier alpha value is -0.610. The fourth-order valence-corrected chi connectivity index (χ4v) is 1.59. The zero-order valence-corrected chi connectivity index (χ0v) is 8.66. The molecule has 0 aromatic carbocycles. The van der Waals surface area contributed by atoms with E-state index in [0.29, 0.717) is 18.9 Å². The van der Waals surface area contributed by atoms with Gasteiger partial charge in [-0.05, 0) is 26.2 Å². The summed E-state index contributed by atoms with van der Waals surface area (Å²) in [5, 5.41) is 11.4. The van der Waals surface area contributed by atoms with Gasteiger partial charge in [0, 0.05) is 25.7 Å². The maximum Gasteiger partial charge on any atom is 0.220 e. The molecule has 0 aliphatic heterocycles. The minimum Gasteiger partial charge on any atom is -0.396 e. The molecule has 0 radical (unpaired) electrons. The van der Waals surface area contributed by atoms with Gasteiger partial charge in [0.25, 0.3) is 0 Å². The van der Waals surface area contributed by atoms with E-state index in [4.69, 9.17) is 9.84 Å². The van der Waals surface area contributed by atoms with Crippen molar-refractivity contribution in [2.75, 3.05) is 13.2 Å². The van der Waals surface area contributed by atoms with Crippen molar-refractivity contribution in [1.82, 2.24) is 5.32 Å². The van der Waals surface area contributed by atoms with Crippen LogP contribution in [0.5, 0.6) is 0 Å². The Balaban J connectivity index is 2.01. The number of hydrogen-bond donors (Lipinski definition) is 2. The van der Waals surface area contributed by atoms with Gasteiger partial charge in [0.1, 0.15) is 0 Å². The first-order valence-corrected chi connectivity index (χ1v) is 5.28. The molecule has 0 aromatic heterocycles. The molecule has 82 valence electrons. The van der Waals surface area contributed by atoms with Crippen LogP contribution in [0.15, 0.2) is 0 Å². The molecule has 0 bridgehead atoms. The van der Waals surface area contributed by atoms with E-state index in [2.05, 4.69) is 5.32 Å². The first-order valence-electron chi connectivity index (χ1n) is 5.28. The molecule has 4 heteroatoms. The quantitative estimate of drug-likeness (QED) is 0.655. The third kappa shape index (κ3) is 3.64. The van der Waals surface area contributed by atoms with E-state index in [1.54, 1.807) is 0 Å². The summed E-state index contributed by atoms with van der Waals surface area (Å²) < 4.78 is 5.38. The Morgan fingerprint density at radius 3 is 2.86 bits per heavy atom. The van der Waals surface area contributed by atoms with Gasteiger partial charge >= 0.3 is 0 Å². The summed E-state index contributed by atoms with van der Waals surface area (Å²) in [6.07, 6.45) is 3.17. The van der Waals surface area contributed by atoms with Crippen LogP contribution in [-0.2, 0) is 9.53 Å². The molecule has 1 aliphatic rings. The van der Waals surface area contributed by atoms with Crippen LogP contribution in [0.25, 0.3) is 0 Å². The van der Waals surface area contributed by atoms with Crippen molar-refractivity contribution in [2.45, 2.75) is 44.8 Å². The molecule has 2 N–H and O–H groups in total. The molecule has 0 saturated heterocycles. The molecule has 4 nitrogen and oxygen atoms in total. The monoisotopic (exact) mass is 201 g/mol. The third-order valence-electron chi connectivity index (χ3n) is 2.42. The standard InChI is InChI=1S/C10H19NO3/c1-2-14-9-6-8(7-9)11-10(13)4-3-5-12/h8-9,12H,2-7H2,1H3,(H,11,13). The number of aliphatic hydroxyl groups is 1. The molecular formula is C10H19NO3. The molecule has 1 rings (SSSR count). The van der Waals surface area contributed by atoms with Crippen molar-refractivity contribution in [2.24, 2.45) is 0 Å².